The molecule has 17 heavy (non-hydrogen) atoms. The first kappa shape index (κ1) is 13.4. The van der Waals surface area contributed by atoms with Crippen molar-refractivity contribution in [3.05, 3.63) is 0 Å². The predicted octanol–water partition coefficient (Wildman–Crippen LogP) is 5.81. The van der Waals surface area contributed by atoms with E-state index in [1.807, 2.05) is 0 Å². The van der Waals surface area contributed by atoms with Gasteiger partial charge >= 0.3 is 0 Å². The highest BCUT2D eigenvalue weighted by Gasteiger charge is 2.35. The normalized spacial score (nSPS) is 34.6. The van der Waals surface area contributed by atoms with E-state index in [0.29, 0.717) is 0 Å². The van der Waals surface area contributed by atoms with Crippen LogP contribution in [0.5, 0.6) is 0 Å². The number of fused-ring (bicyclic) bond motifs is 1. The van der Waals surface area contributed by atoms with Crippen LogP contribution in [0.15, 0.2) is 0 Å². The third-order valence-corrected chi connectivity index (χ3v) is 5.65. The maximum Gasteiger partial charge on any atom is -0.0383 e. The second kappa shape index (κ2) is 6.81. The van der Waals surface area contributed by atoms with Crippen LogP contribution >= 0.6 is 0 Å². The molecule has 0 bridgehead atoms. The summed E-state index contributed by atoms with van der Waals surface area (Å²) in [5, 5.41) is 0. The lowest BCUT2D eigenvalue weighted by molar-refractivity contribution is 0.157. The second-order valence-corrected chi connectivity index (χ2v) is 6.85. The molecule has 2 rings (SSSR count). The molecule has 100 valence electrons. The molecule has 0 heteroatoms. The Morgan fingerprint density at radius 3 is 2.59 bits per heavy atom. The number of hydrogen-bond donors (Lipinski definition) is 0. The molecule has 2 aliphatic rings. The lowest BCUT2D eigenvalue weighted by Gasteiger charge is -2.35. The summed E-state index contributed by atoms with van der Waals surface area (Å²) in [6, 6.07) is 0. The molecule has 2 fully saturated rings. The van der Waals surface area contributed by atoms with Gasteiger partial charge in [-0.05, 0) is 42.9 Å². The van der Waals surface area contributed by atoms with Gasteiger partial charge in [0, 0.05) is 0 Å². The predicted molar refractivity (Wildman–Crippen MR) is 76.1 cm³/mol. The smallest absolute Gasteiger partial charge is 0.0383 e. The van der Waals surface area contributed by atoms with Gasteiger partial charge in [0.2, 0.25) is 0 Å². The Hall–Kier alpha value is 0. The van der Waals surface area contributed by atoms with Crippen LogP contribution in [0.4, 0.5) is 0 Å². The van der Waals surface area contributed by atoms with Gasteiger partial charge in [-0.2, -0.15) is 0 Å². The average Bonchev–Trinajstić information content (AvgIpc) is 2.81. The van der Waals surface area contributed by atoms with Crippen LogP contribution in [0.25, 0.3) is 0 Å². The summed E-state index contributed by atoms with van der Waals surface area (Å²) in [6.45, 7) is 4.84. The molecule has 0 saturated heterocycles. The molecule has 0 radical (unpaired) electrons. The molecule has 0 aromatic heterocycles. The monoisotopic (exact) mass is 236 g/mol. The summed E-state index contributed by atoms with van der Waals surface area (Å²) in [4.78, 5) is 0. The molecule has 2 aliphatic carbocycles. The fourth-order valence-electron chi connectivity index (χ4n) is 4.38. The van der Waals surface area contributed by atoms with E-state index in [4.69, 9.17) is 0 Å². The Labute approximate surface area is 109 Å². The SMILES string of the molecule is CCCCCCC(C)C1CCC2CCCC2C1. The molecule has 0 aromatic carbocycles. The highest BCUT2D eigenvalue weighted by molar-refractivity contribution is 4.86. The van der Waals surface area contributed by atoms with E-state index in [1.165, 1.54) is 38.5 Å². The molecule has 0 nitrogen and oxygen atoms in total. The molecular formula is C17H32. The van der Waals surface area contributed by atoms with Crippen LogP contribution in [-0.2, 0) is 0 Å². The van der Waals surface area contributed by atoms with Crippen molar-refractivity contribution in [2.75, 3.05) is 0 Å². The summed E-state index contributed by atoms with van der Waals surface area (Å²) in [5.74, 6) is 4.36. The highest BCUT2D eigenvalue weighted by Crippen LogP contribution is 2.46. The van der Waals surface area contributed by atoms with Gasteiger partial charge in [0.25, 0.3) is 0 Å². The molecule has 0 amide bonds. The minimum absolute atomic E-state index is 1.01. The average molecular weight is 236 g/mol. The summed E-state index contributed by atoms with van der Waals surface area (Å²) in [7, 11) is 0. The van der Waals surface area contributed by atoms with E-state index in [1.54, 1.807) is 32.1 Å². The van der Waals surface area contributed by atoms with E-state index >= 15 is 0 Å². The number of hydrogen-bond acceptors (Lipinski definition) is 0. The van der Waals surface area contributed by atoms with Gasteiger partial charge in [-0.15, -0.1) is 0 Å². The van der Waals surface area contributed by atoms with Gasteiger partial charge in [0.05, 0.1) is 0 Å². The van der Waals surface area contributed by atoms with Crippen LogP contribution < -0.4 is 0 Å². The van der Waals surface area contributed by atoms with E-state index in [-0.39, 0.29) is 0 Å². The molecule has 2 saturated carbocycles. The van der Waals surface area contributed by atoms with Gasteiger partial charge in [-0.1, -0.05) is 65.2 Å². The summed E-state index contributed by atoms with van der Waals surface area (Å²) in [6.07, 6.45) is 16.6. The maximum absolute atomic E-state index is 2.53. The van der Waals surface area contributed by atoms with Gasteiger partial charge < -0.3 is 0 Å². The highest BCUT2D eigenvalue weighted by atomic mass is 14.4. The molecule has 0 heterocycles. The minimum Gasteiger partial charge on any atom is -0.0654 e. The molecule has 4 atom stereocenters. The van der Waals surface area contributed by atoms with E-state index in [0.717, 1.165) is 23.7 Å². The zero-order valence-corrected chi connectivity index (χ0v) is 12.1. The second-order valence-electron chi connectivity index (χ2n) is 6.85. The Bertz CT molecular complexity index is 208. The van der Waals surface area contributed by atoms with Crippen molar-refractivity contribution < 1.29 is 0 Å². The topological polar surface area (TPSA) is 0 Å². The summed E-state index contributed by atoms with van der Waals surface area (Å²) >= 11 is 0. The Balaban J connectivity index is 1.67. The zero-order chi connectivity index (χ0) is 12.1. The lowest BCUT2D eigenvalue weighted by Crippen LogP contribution is -2.25. The minimum atomic E-state index is 1.01. The van der Waals surface area contributed by atoms with Crippen LogP contribution in [0, 0.1) is 23.7 Å². The van der Waals surface area contributed by atoms with Crippen LogP contribution in [0.2, 0.25) is 0 Å². The van der Waals surface area contributed by atoms with Crippen molar-refractivity contribution in [1.29, 1.82) is 0 Å². The van der Waals surface area contributed by atoms with Gasteiger partial charge in [0.1, 0.15) is 0 Å². The van der Waals surface area contributed by atoms with Crippen molar-refractivity contribution in [3.63, 3.8) is 0 Å². The van der Waals surface area contributed by atoms with Crippen molar-refractivity contribution in [2.24, 2.45) is 23.7 Å². The first-order chi connectivity index (χ1) is 8.31. The Kier molecular flexibility index (Phi) is 5.38. The third-order valence-electron chi connectivity index (χ3n) is 5.65. The molecular weight excluding hydrogens is 204 g/mol. The van der Waals surface area contributed by atoms with E-state index in [2.05, 4.69) is 13.8 Å². The van der Waals surface area contributed by atoms with Crippen molar-refractivity contribution >= 4 is 0 Å². The summed E-state index contributed by atoms with van der Waals surface area (Å²) in [5.41, 5.74) is 0. The summed E-state index contributed by atoms with van der Waals surface area (Å²) < 4.78 is 0. The first-order valence-electron chi connectivity index (χ1n) is 8.31. The first-order valence-corrected chi connectivity index (χ1v) is 8.31. The Morgan fingerprint density at radius 1 is 0.941 bits per heavy atom. The van der Waals surface area contributed by atoms with Crippen LogP contribution in [0.3, 0.4) is 0 Å². The van der Waals surface area contributed by atoms with Crippen molar-refractivity contribution in [1.82, 2.24) is 0 Å². The van der Waals surface area contributed by atoms with Gasteiger partial charge in [-0.3, -0.25) is 0 Å². The molecule has 0 aliphatic heterocycles. The van der Waals surface area contributed by atoms with E-state index in [9.17, 15) is 0 Å². The van der Waals surface area contributed by atoms with Crippen molar-refractivity contribution in [2.45, 2.75) is 84.5 Å². The quantitative estimate of drug-likeness (QED) is 0.511. The third kappa shape index (κ3) is 3.73. The molecule has 0 N–H and O–H groups in total. The van der Waals surface area contributed by atoms with Crippen LogP contribution in [-0.4, -0.2) is 0 Å². The van der Waals surface area contributed by atoms with E-state index < -0.39 is 0 Å². The van der Waals surface area contributed by atoms with Gasteiger partial charge in [0.15, 0.2) is 0 Å². The zero-order valence-electron chi connectivity index (χ0n) is 12.1. The lowest BCUT2D eigenvalue weighted by atomic mass is 9.70. The van der Waals surface area contributed by atoms with Crippen molar-refractivity contribution in [3.8, 4) is 0 Å². The fraction of sp³-hybridized carbons (Fsp3) is 1.00. The largest absolute Gasteiger partial charge is 0.0654 e. The number of rotatable bonds is 6. The van der Waals surface area contributed by atoms with Gasteiger partial charge in [-0.25, -0.2) is 0 Å². The Morgan fingerprint density at radius 2 is 1.76 bits per heavy atom. The molecule has 4 unspecified atom stereocenters. The molecule has 0 aromatic rings. The standard InChI is InChI=1S/C17H32/c1-3-4-5-6-8-14(2)16-12-11-15-9-7-10-17(15)13-16/h14-17H,3-13H2,1-2H3. The maximum atomic E-state index is 2.53. The molecule has 0 spiro atoms. The number of unbranched alkanes of at least 4 members (excludes halogenated alkanes) is 3. The fourth-order valence-corrected chi connectivity index (χ4v) is 4.38. The van der Waals surface area contributed by atoms with Crippen LogP contribution in [0.1, 0.15) is 84.5 Å².